The molecule has 3 heterocycles. The fourth-order valence-electron chi connectivity index (χ4n) is 4.07. The Kier molecular flexibility index (Phi) is 9.19. The van der Waals surface area contributed by atoms with Crippen LogP contribution in [0.2, 0.25) is 0 Å². The standard InChI is InChI=1S/C14H22N2OS2.C8H15NO/c1-2-3-12(15)10-11-6-8-16(9-7-11)19-14-5-4-13(17)18-14;1-6-5-8(3,7(2)10)9(6)4/h4-5,11,15,17H,2-3,6-10H2,1H3;6H,5H2,1-4H3. The Morgan fingerprint density at radius 2 is 2.03 bits per heavy atom. The molecule has 7 heteroatoms. The number of nitrogens with zero attached hydrogens (tertiary/aromatic N) is 2. The van der Waals surface area contributed by atoms with Gasteiger partial charge in [0.2, 0.25) is 0 Å². The van der Waals surface area contributed by atoms with Crippen molar-refractivity contribution in [2.75, 3.05) is 20.1 Å². The molecule has 1 aromatic heterocycles. The summed E-state index contributed by atoms with van der Waals surface area (Å²) in [5, 5.41) is 17.6. The molecule has 2 saturated heterocycles. The molecule has 0 aromatic carbocycles. The van der Waals surface area contributed by atoms with Crippen LogP contribution in [0.1, 0.15) is 66.2 Å². The van der Waals surface area contributed by atoms with E-state index in [-0.39, 0.29) is 11.3 Å². The topological polar surface area (TPSA) is 67.6 Å². The van der Waals surface area contributed by atoms with Crippen molar-refractivity contribution in [2.45, 2.75) is 82.0 Å². The summed E-state index contributed by atoms with van der Waals surface area (Å²) in [5.74, 6) is 0.987. The van der Waals surface area contributed by atoms with Crippen LogP contribution in [0.15, 0.2) is 16.3 Å². The lowest BCUT2D eigenvalue weighted by Gasteiger charge is -2.52. The van der Waals surface area contributed by atoms with Crippen LogP contribution < -0.4 is 0 Å². The molecular formula is C22H37N3O2S2. The number of hydrogen-bond acceptors (Lipinski definition) is 7. The third kappa shape index (κ3) is 6.81. The predicted molar refractivity (Wildman–Crippen MR) is 124 cm³/mol. The van der Waals surface area contributed by atoms with Gasteiger partial charge < -0.3 is 10.5 Å². The Hall–Kier alpha value is -0.890. The van der Waals surface area contributed by atoms with E-state index in [4.69, 9.17) is 5.41 Å². The van der Waals surface area contributed by atoms with Crippen molar-refractivity contribution in [3.05, 3.63) is 12.1 Å². The summed E-state index contributed by atoms with van der Waals surface area (Å²) >= 11 is 3.20. The van der Waals surface area contributed by atoms with Gasteiger partial charge in [-0.05, 0) is 89.9 Å². The fraction of sp³-hybridized carbons (Fsp3) is 0.727. The number of piperidine rings is 1. The molecule has 0 bridgehead atoms. The fourth-order valence-corrected chi connectivity index (χ4v) is 6.04. The van der Waals surface area contributed by atoms with Gasteiger partial charge in [0.15, 0.2) is 5.06 Å². The van der Waals surface area contributed by atoms with Gasteiger partial charge in [-0.2, -0.15) is 0 Å². The highest BCUT2D eigenvalue weighted by Crippen LogP contribution is 2.36. The Balaban J connectivity index is 0.000000253. The molecule has 2 unspecified atom stereocenters. The molecule has 2 aliphatic heterocycles. The summed E-state index contributed by atoms with van der Waals surface area (Å²) in [7, 11) is 2.01. The summed E-state index contributed by atoms with van der Waals surface area (Å²) in [4.78, 5) is 13.2. The molecule has 2 N–H and O–H groups in total. The lowest BCUT2D eigenvalue weighted by Crippen LogP contribution is -2.64. The quantitative estimate of drug-likeness (QED) is 0.437. The molecule has 164 valence electrons. The number of Topliss-reactive ketones (excluding diaryl/α,β-unsaturated/α-hetero) is 1. The van der Waals surface area contributed by atoms with Crippen LogP contribution >= 0.6 is 23.3 Å². The van der Waals surface area contributed by atoms with Gasteiger partial charge in [-0.25, -0.2) is 4.31 Å². The highest BCUT2D eigenvalue weighted by Gasteiger charge is 2.46. The van der Waals surface area contributed by atoms with E-state index in [9.17, 15) is 9.90 Å². The molecule has 5 nitrogen and oxygen atoms in total. The SMILES string of the molecule is CC(=O)C1(C)CC(C)N1C.CCCC(=N)CC1CCN(Sc2ccc(O)s2)CC1. The molecule has 29 heavy (non-hydrogen) atoms. The van der Waals surface area contributed by atoms with E-state index >= 15 is 0 Å². The zero-order valence-corrected chi connectivity index (χ0v) is 20.2. The monoisotopic (exact) mass is 439 g/mol. The number of aromatic hydroxyl groups is 1. The number of ketones is 1. The molecule has 2 atom stereocenters. The van der Waals surface area contributed by atoms with Crippen molar-refractivity contribution >= 4 is 34.8 Å². The zero-order valence-electron chi connectivity index (χ0n) is 18.5. The van der Waals surface area contributed by atoms with Crippen molar-refractivity contribution in [2.24, 2.45) is 5.92 Å². The van der Waals surface area contributed by atoms with Gasteiger partial charge in [0.05, 0.1) is 9.75 Å². The minimum atomic E-state index is -0.153. The van der Waals surface area contributed by atoms with Crippen molar-refractivity contribution in [1.29, 1.82) is 5.41 Å². The van der Waals surface area contributed by atoms with E-state index in [0.29, 0.717) is 17.0 Å². The van der Waals surface area contributed by atoms with Crippen molar-refractivity contribution in [3.63, 3.8) is 0 Å². The van der Waals surface area contributed by atoms with Crippen LogP contribution in [0.4, 0.5) is 0 Å². The first-order valence-corrected chi connectivity index (χ1v) is 12.3. The average Bonchev–Trinajstić information content (AvgIpc) is 3.08. The van der Waals surface area contributed by atoms with Gasteiger partial charge in [-0.15, -0.1) is 0 Å². The van der Waals surface area contributed by atoms with Crippen LogP contribution in [-0.2, 0) is 4.79 Å². The molecule has 2 aliphatic rings. The van der Waals surface area contributed by atoms with Gasteiger partial charge in [-0.1, -0.05) is 24.7 Å². The molecule has 3 rings (SSSR count). The molecule has 0 radical (unpaired) electrons. The Labute approximate surface area is 184 Å². The van der Waals surface area contributed by atoms with E-state index in [0.717, 1.165) is 48.7 Å². The molecule has 0 spiro atoms. The summed E-state index contributed by atoms with van der Waals surface area (Å²) < 4.78 is 3.54. The number of thiophene rings is 1. The smallest absolute Gasteiger partial charge is 0.172 e. The minimum absolute atomic E-state index is 0.153. The number of nitrogens with one attached hydrogen (secondary N) is 1. The molecule has 2 fully saturated rings. The number of carbonyl (C=O) groups excluding carboxylic acids is 1. The van der Waals surface area contributed by atoms with Crippen molar-refractivity contribution in [1.82, 2.24) is 9.21 Å². The van der Waals surface area contributed by atoms with Gasteiger partial charge in [-0.3, -0.25) is 9.69 Å². The highest BCUT2D eigenvalue weighted by molar-refractivity contribution is 7.99. The van der Waals surface area contributed by atoms with Crippen LogP contribution in [0.3, 0.4) is 0 Å². The summed E-state index contributed by atoms with van der Waals surface area (Å²) in [6, 6.07) is 4.31. The molecule has 1 aromatic rings. The second kappa shape index (κ2) is 10.9. The number of likely N-dealkylation sites (N-methyl/N-ethyl adjacent to an activating group) is 1. The molecule has 0 amide bonds. The number of hydrogen-bond donors (Lipinski definition) is 2. The van der Waals surface area contributed by atoms with Crippen LogP contribution in [0.5, 0.6) is 5.06 Å². The second-order valence-electron chi connectivity index (χ2n) is 8.61. The largest absolute Gasteiger partial charge is 0.499 e. The van der Waals surface area contributed by atoms with E-state index in [1.165, 1.54) is 24.2 Å². The van der Waals surface area contributed by atoms with E-state index in [2.05, 4.69) is 23.1 Å². The maximum atomic E-state index is 11.1. The first-order chi connectivity index (χ1) is 13.7. The molecular weight excluding hydrogens is 402 g/mol. The summed E-state index contributed by atoms with van der Waals surface area (Å²) in [5.41, 5.74) is 0.774. The first-order valence-electron chi connectivity index (χ1n) is 10.7. The average molecular weight is 440 g/mol. The highest BCUT2D eigenvalue weighted by atomic mass is 32.2. The normalized spacial score (nSPS) is 25.8. The lowest BCUT2D eigenvalue weighted by atomic mass is 9.78. The Morgan fingerprint density at radius 1 is 1.38 bits per heavy atom. The van der Waals surface area contributed by atoms with Gasteiger partial charge in [0.25, 0.3) is 0 Å². The predicted octanol–water partition coefficient (Wildman–Crippen LogP) is 5.44. The van der Waals surface area contributed by atoms with Gasteiger partial charge in [0.1, 0.15) is 5.78 Å². The van der Waals surface area contributed by atoms with Gasteiger partial charge >= 0.3 is 0 Å². The van der Waals surface area contributed by atoms with Crippen LogP contribution in [0, 0.1) is 11.3 Å². The van der Waals surface area contributed by atoms with Crippen LogP contribution in [-0.4, -0.2) is 57.5 Å². The number of rotatable bonds is 7. The van der Waals surface area contributed by atoms with E-state index < -0.39 is 0 Å². The summed E-state index contributed by atoms with van der Waals surface area (Å²) in [6.07, 6.45) is 6.44. The summed E-state index contributed by atoms with van der Waals surface area (Å²) in [6.45, 7) is 10.1. The van der Waals surface area contributed by atoms with Crippen molar-refractivity contribution in [3.8, 4) is 5.06 Å². The third-order valence-corrected chi connectivity index (χ3v) is 8.43. The lowest BCUT2D eigenvalue weighted by molar-refractivity contribution is -0.139. The Morgan fingerprint density at radius 3 is 2.45 bits per heavy atom. The third-order valence-electron chi connectivity index (χ3n) is 6.34. The van der Waals surface area contributed by atoms with Crippen molar-refractivity contribution < 1.29 is 9.90 Å². The van der Waals surface area contributed by atoms with E-state index in [1.54, 1.807) is 24.9 Å². The zero-order chi connectivity index (χ0) is 21.6. The minimum Gasteiger partial charge on any atom is -0.499 e. The first kappa shape index (κ1) is 24.4. The second-order valence-corrected chi connectivity index (χ2v) is 11.1. The molecule has 0 aliphatic carbocycles. The van der Waals surface area contributed by atoms with Gasteiger partial charge in [0, 0.05) is 24.8 Å². The molecule has 0 saturated carbocycles. The number of carbonyl (C=O) groups is 1. The number of likely N-dealkylation sites (tertiary alicyclic amines) is 1. The van der Waals surface area contributed by atoms with Crippen LogP contribution in [0.25, 0.3) is 0 Å². The maximum absolute atomic E-state index is 11.1. The maximum Gasteiger partial charge on any atom is 0.172 e. The van der Waals surface area contributed by atoms with E-state index in [1.807, 2.05) is 20.0 Å². The Bertz CT molecular complexity index is 685.